The van der Waals surface area contributed by atoms with Gasteiger partial charge in [-0.2, -0.15) is 8.42 Å². The molecule has 0 aliphatic carbocycles. The molecule has 0 atom stereocenters. The summed E-state index contributed by atoms with van der Waals surface area (Å²) in [5.74, 6) is 1.54. The summed E-state index contributed by atoms with van der Waals surface area (Å²) in [5, 5.41) is 0. The van der Waals surface area contributed by atoms with Crippen molar-refractivity contribution in [1.29, 1.82) is 0 Å². The molecule has 0 aliphatic heterocycles. The second kappa shape index (κ2) is 13.7. The van der Waals surface area contributed by atoms with Gasteiger partial charge in [-0.1, -0.05) is 71.1 Å². The van der Waals surface area contributed by atoms with Crippen molar-refractivity contribution in [2.75, 3.05) is 5.88 Å². The van der Waals surface area contributed by atoms with E-state index >= 15 is 0 Å². The maximum atomic E-state index is 11.2. The monoisotopic (exact) mass is 376 g/mol. The largest absolute Gasteiger partial charge is 0.294 e. The molecule has 1 N–H and O–H groups in total. The van der Waals surface area contributed by atoms with Crippen LogP contribution in [-0.4, -0.2) is 18.9 Å². The van der Waals surface area contributed by atoms with Gasteiger partial charge in [-0.3, -0.25) is 4.55 Å². The molecule has 140 valence electrons. The second-order valence-corrected chi connectivity index (χ2v) is 8.24. The van der Waals surface area contributed by atoms with E-state index < -0.39 is 10.1 Å². The Morgan fingerprint density at radius 3 is 2.21 bits per heavy atom. The molecule has 0 aromatic heterocycles. The molecule has 0 fully saturated rings. The Hall–Kier alpha value is -0.580. The van der Waals surface area contributed by atoms with Gasteiger partial charge in [0.15, 0.2) is 0 Å². The smallest absolute Gasteiger partial charge is 0.282 e. The van der Waals surface area contributed by atoms with Gasteiger partial charge >= 0.3 is 0 Å². The van der Waals surface area contributed by atoms with Crippen LogP contribution < -0.4 is 0 Å². The van der Waals surface area contributed by atoms with Crippen LogP contribution >= 0.6 is 11.6 Å². The van der Waals surface area contributed by atoms with Gasteiger partial charge in [-0.15, -0.1) is 11.6 Å². The number of unbranched alkanes of at least 4 members (excludes halogenated alkanes) is 4. The molecule has 3 nitrogen and oxygen atoms in total. The van der Waals surface area contributed by atoms with Crippen molar-refractivity contribution in [3.05, 3.63) is 29.8 Å². The summed E-state index contributed by atoms with van der Waals surface area (Å²) in [4.78, 5) is 0.0499. The number of benzene rings is 1. The third-order valence-corrected chi connectivity index (χ3v) is 4.94. The molecule has 0 amide bonds. The summed E-state index contributed by atoms with van der Waals surface area (Å²) in [5.41, 5.74) is 0.713. The summed E-state index contributed by atoms with van der Waals surface area (Å²) < 4.78 is 31.5. The lowest BCUT2D eigenvalue weighted by Crippen LogP contribution is -2.03. The average molecular weight is 377 g/mol. The SMILES string of the molecule is CC(C)CCCCCc1ccccc1S(=O)(=O)O.CCCCCCl. The Kier molecular flexibility index (Phi) is 13.4. The predicted molar refractivity (Wildman–Crippen MR) is 104 cm³/mol. The number of alkyl halides is 1. The number of rotatable bonds is 10. The average Bonchev–Trinajstić information content (AvgIpc) is 2.52. The van der Waals surface area contributed by atoms with Crippen LogP contribution in [0.15, 0.2) is 29.2 Å². The first-order chi connectivity index (χ1) is 11.3. The van der Waals surface area contributed by atoms with Crippen LogP contribution in [0.3, 0.4) is 0 Å². The summed E-state index contributed by atoms with van der Waals surface area (Å²) in [6.07, 6.45) is 8.87. The minimum atomic E-state index is -4.09. The molecule has 0 saturated heterocycles. The molecular formula is C19H33ClO3S. The summed E-state index contributed by atoms with van der Waals surface area (Å²) in [6, 6.07) is 6.66. The Morgan fingerprint density at radius 1 is 1.04 bits per heavy atom. The zero-order valence-corrected chi connectivity index (χ0v) is 16.9. The van der Waals surface area contributed by atoms with Crippen LogP contribution in [0.1, 0.15) is 71.3 Å². The summed E-state index contributed by atoms with van der Waals surface area (Å²) >= 11 is 5.38. The highest BCUT2D eigenvalue weighted by Crippen LogP contribution is 2.18. The van der Waals surface area contributed by atoms with Crippen molar-refractivity contribution in [3.63, 3.8) is 0 Å². The summed E-state index contributed by atoms with van der Waals surface area (Å²) in [6.45, 7) is 6.58. The molecule has 1 aromatic carbocycles. The van der Waals surface area contributed by atoms with E-state index in [1.54, 1.807) is 18.2 Å². The lowest BCUT2D eigenvalue weighted by atomic mass is 10.0. The Morgan fingerprint density at radius 2 is 1.71 bits per heavy atom. The molecule has 24 heavy (non-hydrogen) atoms. The minimum Gasteiger partial charge on any atom is -0.282 e. The molecule has 0 unspecified atom stereocenters. The van der Waals surface area contributed by atoms with Crippen LogP contribution in [0.4, 0.5) is 0 Å². The lowest BCUT2D eigenvalue weighted by molar-refractivity contribution is 0.481. The summed E-state index contributed by atoms with van der Waals surface area (Å²) in [7, 11) is -4.09. The highest BCUT2D eigenvalue weighted by atomic mass is 35.5. The standard InChI is InChI=1S/C14H22O3S.C5H11Cl/c1-12(2)8-4-3-5-9-13-10-6-7-11-14(13)18(15,16)17;1-2-3-4-5-6/h6-7,10-12H,3-5,8-9H2,1-2H3,(H,15,16,17);2-5H2,1H3. The third-order valence-electron chi connectivity index (χ3n) is 3.72. The topological polar surface area (TPSA) is 54.4 Å². The molecule has 1 aromatic rings. The third kappa shape index (κ3) is 11.9. The van der Waals surface area contributed by atoms with Gasteiger partial charge in [0, 0.05) is 5.88 Å². The molecule has 0 spiro atoms. The van der Waals surface area contributed by atoms with E-state index in [9.17, 15) is 8.42 Å². The van der Waals surface area contributed by atoms with E-state index in [0.717, 1.165) is 24.6 Å². The molecule has 0 heterocycles. The van der Waals surface area contributed by atoms with Crippen LogP contribution in [0.2, 0.25) is 0 Å². The van der Waals surface area contributed by atoms with Gasteiger partial charge in [-0.05, 0) is 36.8 Å². The highest BCUT2D eigenvalue weighted by Gasteiger charge is 2.13. The molecule has 0 bridgehead atoms. The maximum Gasteiger partial charge on any atom is 0.294 e. The Labute approximate surface area is 153 Å². The van der Waals surface area contributed by atoms with Crippen molar-refractivity contribution in [3.8, 4) is 0 Å². The van der Waals surface area contributed by atoms with Crippen molar-refractivity contribution in [1.82, 2.24) is 0 Å². The van der Waals surface area contributed by atoms with Gasteiger partial charge in [0.05, 0.1) is 4.90 Å². The first-order valence-corrected chi connectivity index (χ1v) is 10.9. The molecule has 0 aliphatic rings. The molecule has 1 rings (SSSR count). The number of aryl methyl sites for hydroxylation is 1. The van der Waals surface area contributed by atoms with Crippen LogP contribution in [0, 0.1) is 5.92 Å². The van der Waals surface area contributed by atoms with Crippen LogP contribution in [0.25, 0.3) is 0 Å². The van der Waals surface area contributed by atoms with Gasteiger partial charge in [-0.25, -0.2) is 0 Å². The first kappa shape index (κ1) is 23.4. The number of hydrogen-bond donors (Lipinski definition) is 1. The Balaban J connectivity index is 0.000000754. The highest BCUT2D eigenvalue weighted by molar-refractivity contribution is 7.85. The van der Waals surface area contributed by atoms with Crippen LogP contribution in [0.5, 0.6) is 0 Å². The zero-order valence-electron chi connectivity index (χ0n) is 15.3. The van der Waals surface area contributed by atoms with E-state index in [1.165, 1.54) is 38.2 Å². The normalized spacial score (nSPS) is 11.2. The quantitative estimate of drug-likeness (QED) is 0.304. The van der Waals surface area contributed by atoms with E-state index in [-0.39, 0.29) is 4.90 Å². The Bertz CT molecular complexity index is 523. The zero-order chi connectivity index (χ0) is 18.4. The van der Waals surface area contributed by atoms with Crippen LogP contribution in [-0.2, 0) is 16.5 Å². The van der Waals surface area contributed by atoms with Gasteiger partial charge < -0.3 is 0 Å². The fourth-order valence-electron chi connectivity index (χ4n) is 2.35. The second-order valence-electron chi connectivity index (χ2n) is 6.47. The predicted octanol–water partition coefficient (Wildman–Crippen LogP) is 6.11. The van der Waals surface area contributed by atoms with Crippen molar-refractivity contribution < 1.29 is 13.0 Å². The minimum absolute atomic E-state index is 0.0499. The van der Waals surface area contributed by atoms with E-state index in [0.29, 0.717) is 12.0 Å². The van der Waals surface area contributed by atoms with Gasteiger partial charge in [0.2, 0.25) is 0 Å². The van der Waals surface area contributed by atoms with Crippen molar-refractivity contribution >= 4 is 21.7 Å². The number of halogens is 1. The van der Waals surface area contributed by atoms with Gasteiger partial charge in [0.1, 0.15) is 0 Å². The fraction of sp³-hybridized carbons (Fsp3) is 0.684. The molecular weight excluding hydrogens is 344 g/mol. The fourth-order valence-corrected chi connectivity index (χ4v) is 3.29. The molecule has 5 heteroatoms. The van der Waals surface area contributed by atoms with E-state index in [4.69, 9.17) is 16.2 Å². The first-order valence-electron chi connectivity index (χ1n) is 8.94. The van der Waals surface area contributed by atoms with Crippen molar-refractivity contribution in [2.45, 2.75) is 77.0 Å². The van der Waals surface area contributed by atoms with E-state index in [1.807, 2.05) is 0 Å². The number of hydrogen-bond acceptors (Lipinski definition) is 2. The van der Waals surface area contributed by atoms with Crippen molar-refractivity contribution in [2.24, 2.45) is 5.92 Å². The molecule has 0 saturated carbocycles. The van der Waals surface area contributed by atoms with E-state index in [2.05, 4.69) is 20.8 Å². The molecule has 0 radical (unpaired) electrons. The maximum absolute atomic E-state index is 11.2. The lowest BCUT2D eigenvalue weighted by Gasteiger charge is -2.07. The van der Waals surface area contributed by atoms with Gasteiger partial charge in [0.25, 0.3) is 10.1 Å².